The Balaban J connectivity index is 1.42. The third-order valence-electron chi connectivity index (χ3n) is 5.91. The number of nitrogens with zero attached hydrogens (tertiary/aromatic N) is 4. The summed E-state index contributed by atoms with van der Waals surface area (Å²) in [6.45, 7) is 0.400. The summed E-state index contributed by atoms with van der Waals surface area (Å²) in [5, 5.41) is 41.4. The van der Waals surface area contributed by atoms with Gasteiger partial charge >= 0.3 is 0 Å². The summed E-state index contributed by atoms with van der Waals surface area (Å²) < 4.78 is 6.44. The van der Waals surface area contributed by atoms with Crippen molar-refractivity contribution in [3.63, 3.8) is 0 Å². The number of anilines is 2. The van der Waals surface area contributed by atoms with Crippen LogP contribution in [0.4, 0.5) is 11.5 Å². The third-order valence-corrected chi connectivity index (χ3v) is 6.60. The summed E-state index contributed by atoms with van der Waals surface area (Å²) in [6.07, 6.45) is -2.52. The molecule has 3 aromatic heterocycles. The fourth-order valence-corrected chi connectivity index (χ4v) is 4.69. The van der Waals surface area contributed by atoms with Crippen LogP contribution in [0.15, 0.2) is 47.7 Å². The van der Waals surface area contributed by atoms with Gasteiger partial charge < -0.3 is 36.4 Å². The van der Waals surface area contributed by atoms with E-state index < -0.39 is 30.1 Å². The van der Waals surface area contributed by atoms with Gasteiger partial charge in [0.25, 0.3) is 11.8 Å². The van der Waals surface area contributed by atoms with Gasteiger partial charge in [-0.05, 0) is 40.1 Å². The second kappa shape index (κ2) is 8.87. The van der Waals surface area contributed by atoms with Crippen LogP contribution in [0.2, 0.25) is 0 Å². The van der Waals surface area contributed by atoms with Gasteiger partial charge in [0, 0.05) is 24.8 Å². The number of hydrogen-bond acceptors (Lipinski definition) is 11. The first-order chi connectivity index (χ1) is 16.8. The molecule has 0 spiro atoms. The van der Waals surface area contributed by atoms with Crippen LogP contribution in [-0.2, 0) is 22.0 Å². The quantitative estimate of drug-likeness (QED) is 0.202. The fourth-order valence-electron chi connectivity index (χ4n) is 4.03. The van der Waals surface area contributed by atoms with Gasteiger partial charge in [-0.3, -0.25) is 9.36 Å². The zero-order valence-corrected chi connectivity index (χ0v) is 19.3. The summed E-state index contributed by atoms with van der Waals surface area (Å²) in [4.78, 5) is 24.7. The Kier molecular flexibility index (Phi) is 5.86. The minimum absolute atomic E-state index is 0.130. The second-order valence-corrected chi connectivity index (χ2v) is 8.82. The summed E-state index contributed by atoms with van der Waals surface area (Å²) in [7, 11) is 1.35. The SMILES string of the molecule is CNC(=O)[C@H]1O[C@](O)(n2cnc3c(NCc4ccc(N)c(-c5ccsc5)c4)ncnc32)[C@H](O)[C@@H]1O. The van der Waals surface area contributed by atoms with E-state index in [4.69, 9.17) is 10.5 Å². The highest BCUT2D eigenvalue weighted by molar-refractivity contribution is 7.08. The number of imidazole rings is 1. The highest BCUT2D eigenvalue weighted by atomic mass is 32.1. The number of ether oxygens (including phenoxy) is 1. The maximum atomic E-state index is 12.0. The molecule has 1 aliphatic rings. The summed E-state index contributed by atoms with van der Waals surface area (Å²) in [5.41, 5.74) is 10.2. The smallest absolute Gasteiger partial charge is 0.286 e. The van der Waals surface area contributed by atoms with E-state index in [0.717, 1.165) is 21.3 Å². The van der Waals surface area contributed by atoms with Gasteiger partial charge in [0.2, 0.25) is 0 Å². The van der Waals surface area contributed by atoms with Crippen molar-refractivity contribution in [2.24, 2.45) is 0 Å². The molecule has 1 fully saturated rings. The number of aromatic nitrogens is 4. The summed E-state index contributed by atoms with van der Waals surface area (Å²) in [6, 6.07) is 7.74. The van der Waals surface area contributed by atoms with E-state index in [-0.39, 0.29) is 5.65 Å². The van der Waals surface area contributed by atoms with Crippen LogP contribution >= 0.6 is 11.3 Å². The van der Waals surface area contributed by atoms with Gasteiger partial charge in [-0.25, -0.2) is 15.0 Å². The second-order valence-electron chi connectivity index (χ2n) is 8.04. The predicted octanol–water partition coefficient (Wildman–Crippen LogP) is 0.218. The molecule has 7 N–H and O–H groups in total. The number of benzene rings is 1. The monoisotopic (exact) mass is 497 g/mol. The number of aliphatic hydroxyl groups excluding tert-OH is 2. The Hall–Kier alpha value is -3.62. The fraction of sp³-hybridized carbons (Fsp3) is 0.273. The van der Waals surface area contributed by atoms with E-state index in [1.165, 1.54) is 19.7 Å². The summed E-state index contributed by atoms with van der Waals surface area (Å²) >= 11 is 1.59. The van der Waals surface area contributed by atoms with Crippen LogP contribution in [0.25, 0.3) is 22.3 Å². The number of fused-ring (bicyclic) bond motifs is 1. The van der Waals surface area contributed by atoms with Gasteiger partial charge in [0.1, 0.15) is 18.8 Å². The van der Waals surface area contributed by atoms with E-state index >= 15 is 0 Å². The van der Waals surface area contributed by atoms with Crippen molar-refractivity contribution in [1.29, 1.82) is 0 Å². The van der Waals surface area contributed by atoms with Crippen molar-refractivity contribution in [2.75, 3.05) is 18.1 Å². The Morgan fingerprint density at radius 2 is 2.11 bits per heavy atom. The van der Waals surface area contributed by atoms with Gasteiger partial charge in [-0.15, -0.1) is 0 Å². The van der Waals surface area contributed by atoms with Crippen molar-refractivity contribution in [1.82, 2.24) is 24.8 Å². The number of nitrogens with two attached hydrogens (primary N) is 1. The molecule has 1 aromatic carbocycles. The molecule has 4 aromatic rings. The Morgan fingerprint density at radius 3 is 2.86 bits per heavy atom. The molecule has 0 radical (unpaired) electrons. The largest absolute Gasteiger partial charge is 0.398 e. The summed E-state index contributed by atoms with van der Waals surface area (Å²) in [5.74, 6) is -2.79. The number of hydrogen-bond donors (Lipinski definition) is 6. The number of aliphatic hydroxyl groups is 3. The number of carbonyl (C=O) groups excluding carboxylic acids is 1. The number of carbonyl (C=O) groups is 1. The lowest BCUT2D eigenvalue weighted by molar-refractivity contribution is -0.282. The van der Waals surface area contributed by atoms with Gasteiger partial charge in [-0.2, -0.15) is 11.3 Å². The van der Waals surface area contributed by atoms with Crippen molar-refractivity contribution >= 4 is 39.9 Å². The van der Waals surface area contributed by atoms with E-state index in [2.05, 4.69) is 25.6 Å². The van der Waals surface area contributed by atoms with Crippen molar-refractivity contribution in [2.45, 2.75) is 30.8 Å². The number of likely N-dealkylation sites (N-methyl/N-ethyl adjacent to an activating group) is 1. The van der Waals surface area contributed by atoms with Crippen molar-refractivity contribution in [3.8, 4) is 11.1 Å². The first-order valence-corrected chi connectivity index (χ1v) is 11.6. The number of thiophene rings is 1. The van der Waals surface area contributed by atoms with Crippen molar-refractivity contribution < 1.29 is 24.9 Å². The number of amides is 1. The third kappa shape index (κ3) is 3.88. The van der Waals surface area contributed by atoms with E-state index in [1.54, 1.807) is 11.3 Å². The first kappa shape index (κ1) is 23.1. The molecule has 4 heterocycles. The molecule has 0 saturated carbocycles. The predicted molar refractivity (Wildman–Crippen MR) is 128 cm³/mol. The molecule has 13 heteroatoms. The van der Waals surface area contributed by atoms with Crippen LogP contribution in [0.1, 0.15) is 5.56 Å². The lowest BCUT2D eigenvalue weighted by Gasteiger charge is -2.27. The molecule has 0 aliphatic carbocycles. The Labute approximate surface area is 203 Å². The maximum Gasteiger partial charge on any atom is 0.286 e. The van der Waals surface area contributed by atoms with E-state index in [1.807, 2.05) is 35.0 Å². The molecule has 5 rings (SSSR count). The average molecular weight is 498 g/mol. The first-order valence-electron chi connectivity index (χ1n) is 10.6. The minimum atomic E-state index is -2.47. The Bertz CT molecular complexity index is 1380. The van der Waals surface area contributed by atoms with Crippen LogP contribution in [0, 0.1) is 0 Å². The molecule has 12 nitrogen and oxygen atoms in total. The van der Waals surface area contributed by atoms with Gasteiger partial charge in [0.15, 0.2) is 29.2 Å². The maximum absolute atomic E-state index is 12.0. The number of rotatable bonds is 6. The average Bonchev–Trinajstić information content (AvgIpc) is 3.60. The van der Waals surface area contributed by atoms with Crippen LogP contribution in [0.5, 0.6) is 0 Å². The molecule has 0 unspecified atom stereocenters. The standard InChI is InChI=1S/C22H23N7O5S/c1-24-21(32)17-16(30)18(31)22(33,34-17)29-10-28-15-19(26-9-27-20(15)29)25-7-11-2-3-14(23)13(6-11)12-4-5-35-8-12/h2-6,8-10,16-18,30-31,33H,7,23H2,1H3,(H,24,32)(H,25,26,27)/t16-,17+,18-,22+/m1/s1. The minimum Gasteiger partial charge on any atom is -0.398 e. The molecule has 4 atom stereocenters. The highest BCUT2D eigenvalue weighted by Gasteiger charge is 2.57. The zero-order chi connectivity index (χ0) is 24.7. The van der Waals surface area contributed by atoms with Crippen LogP contribution in [-0.4, -0.2) is 66.1 Å². The molecule has 0 bridgehead atoms. The van der Waals surface area contributed by atoms with E-state index in [0.29, 0.717) is 23.6 Å². The molecular weight excluding hydrogens is 474 g/mol. The topological polar surface area (TPSA) is 181 Å². The lowest BCUT2D eigenvalue weighted by Crippen LogP contribution is -2.45. The Morgan fingerprint density at radius 1 is 1.29 bits per heavy atom. The molecule has 1 aliphatic heterocycles. The van der Waals surface area contributed by atoms with E-state index in [9.17, 15) is 20.1 Å². The van der Waals surface area contributed by atoms with Crippen LogP contribution < -0.4 is 16.4 Å². The number of nitrogens with one attached hydrogen (secondary N) is 2. The normalized spacial score (nSPS) is 24.1. The molecule has 35 heavy (non-hydrogen) atoms. The highest BCUT2D eigenvalue weighted by Crippen LogP contribution is 2.36. The molecular formula is C22H23N7O5S. The van der Waals surface area contributed by atoms with Gasteiger partial charge in [0.05, 0.1) is 0 Å². The van der Waals surface area contributed by atoms with Crippen LogP contribution in [0.3, 0.4) is 0 Å². The van der Waals surface area contributed by atoms with Gasteiger partial charge in [-0.1, -0.05) is 6.07 Å². The molecule has 1 saturated heterocycles. The molecule has 1 amide bonds. The zero-order valence-electron chi connectivity index (χ0n) is 18.5. The molecule has 182 valence electrons. The lowest BCUT2D eigenvalue weighted by atomic mass is 10.0. The van der Waals surface area contributed by atoms with Crippen molar-refractivity contribution in [3.05, 3.63) is 53.2 Å². The number of nitrogen functional groups attached to an aromatic ring is 1.